The zero-order valence-corrected chi connectivity index (χ0v) is 36.5. The molecule has 0 radical (unpaired) electrons. The molecule has 2 heteroatoms. The van der Waals surface area contributed by atoms with E-state index in [0.29, 0.717) is 0 Å². The van der Waals surface area contributed by atoms with Crippen LogP contribution < -0.4 is 4.90 Å². The fraction of sp³-hybridized carbons (Fsp3) is 0.0645. The molecule has 302 valence electrons. The largest absolute Gasteiger partial charge is 0.310 e. The topological polar surface area (TPSA) is 3.24 Å². The Bertz CT molecular complexity index is 3400. The van der Waals surface area contributed by atoms with Gasteiger partial charge in [-0.3, -0.25) is 0 Å². The summed E-state index contributed by atoms with van der Waals surface area (Å²) in [4.78, 5) is 5.07. The summed E-state index contributed by atoms with van der Waals surface area (Å²) in [5, 5.41) is 0. The third-order valence-electron chi connectivity index (χ3n) is 14.3. The van der Waals surface area contributed by atoms with Gasteiger partial charge in [-0.05, 0) is 120 Å². The first-order valence-electron chi connectivity index (χ1n) is 22.3. The van der Waals surface area contributed by atoms with E-state index in [1.54, 1.807) is 0 Å². The van der Waals surface area contributed by atoms with Crippen LogP contribution in [0.5, 0.6) is 0 Å². The molecule has 64 heavy (non-hydrogen) atoms. The van der Waals surface area contributed by atoms with E-state index in [1.807, 2.05) is 11.3 Å². The first-order valence-corrected chi connectivity index (χ1v) is 23.2. The normalized spacial score (nSPS) is 14.0. The van der Waals surface area contributed by atoms with Crippen molar-refractivity contribution in [3.8, 4) is 65.4 Å². The number of hydrogen-bond acceptors (Lipinski definition) is 2. The summed E-state index contributed by atoms with van der Waals surface area (Å²) in [6.45, 7) is 4.73. The predicted octanol–water partition coefficient (Wildman–Crippen LogP) is 16.9. The number of rotatable bonds is 6. The number of thiophene rings is 1. The lowest BCUT2D eigenvalue weighted by atomic mass is 9.70. The van der Waals surface area contributed by atoms with Crippen molar-refractivity contribution in [2.75, 3.05) is 4.90 Å². The van der Waals surface area contributed by atoms with Crippen LogP contribution in [0.2, 0.25) is 0 Å². The first kappa shape index (κ1) is 37.1. The highest BCUT2D eigenvalue weighted by molar-refractivity contribution is 7.19. The van der Waals surface area contributed by atoms with Gasteiger partial charge in [-0.25, -0.2) is 0 Å². The first-order chi connectivity index (χ1) is 31.5. The van der Waals surface area contributed by atoms with Crippen LogP contribution in [0.4, 0.5) is 17.1 Å². The van der Waals surface area contributed by atoms with Gasteiger partial charge < -0.3 is 4.90 Å². The fourth-order valence-corrected chi connectivity index (χ4v) is 12.9. The van der Waals surface area contributed by atoms with Crippen LogP contribution in [0.15, 0.2) is 224 Å². The van der Waals surface area contributed by atoms with Crippen LogP contribution in [0.25, 0.3) is 65.4 Å². The minimum absolute atomic E-state index is 0.112. The summed E-state index contributed by atoms with van der Waals surface area (Å²) >= 11 is 1.94. The lowest BCUT2D eigenvalue weighted by molar-refractivity contribution is 0.660. The molecule has 0 amide bonds. The van der Waals surface area contributed by atoms with Gasteiger partial charge >= 0.3 is 0 Å². The minimum Gasteiger partial charge on any atom is -0.310 e. The second-order valence-corrected chi connectivity index (χ2v) is 19.0. The van der Waals surface area contributed by atoms with Gasteiger partial charge in [-0.1, -0.05) is 202 Å². The summed E-state index contributed by atoms with van der Waals surface area (Å²) in [6.07, 6.45) is 0. The Morgan fingerprint density at radius 3 is 1.33 bits per heavy atom. The molecule has 13 rings (SSSR count). The van der Waals surface area contributed by atoms with E-state index in [2.05, 4.69) is 243 Å². The van der Waals surface area contributed by atoms with Crippen molar-refractivity contribution in [1.29, 1.82) is 0 Å². The van der Waals surface area contributed by atoms with Crippen molar-refractivity contribution < 1.29 is 0 Å². The predicted molar refractivity (Wildman–Crippen MR) is 269 cm³/mol. The molecule has 0 unspecified atom stereocenters. The van der Waals surface area contributed by atoms with E-state index in [0.717, 1.165) is 17.1 Å². The van der Waals surface area contributed by atoms with Crippen LogP contribution in [-0.2, 0) is 10.8 Å². The van der Waals surface area contributed by atoms with Crippen molar-refractivity contribution in [1.82, 2.24) is 0 Å². The van der Waals surface area contributed by atoms with E-state index < -0.39 is 5.41 Å². The minimum atomic E-state index is -0.428. The molecular weight excluding hydrogens is 791 g/mol. The van der Waals surface area contributed by atoms with Crippen LogP contribution in [0.1, 0.15) is 47.2 Å². The molecule has 0 aliphatic heterocycles. The number of hydrogen-bond donors (Lipinski definition) is 0. The average molecular weight is 834 g/mol. The second kappa shape index (κ2) is 14.0. The summed E-state index contributed by atoms with van der Waals surface area (Å²) in [7, 11) is 0. The Morgan fingerprint density at radius 1 is 0.328 bits per heavy atom. The number of anilines is 3. The van der Waals surface area contributed by atoms with Gasteiger partial charge in [0.15, 0.2) is 0 Å². The van der Waals surface area contributed by atoms with Crippen molar-refractivity contribution >= 4 is 28.4 Å². The number of nitrogens with zero attached hydrogens (tertiary/aromatic N) is 1. The van der Waals surface area contributed by atoms with E-state index in [9.17, 15) is 0 Å². The van der Waals surface area contributed by atoms with E-state index in [4.69, 9.17) is 0 Å². The SMILES string of the molecule is CC1(C)c2ccccc2-c2ccc(N(c3ccc(-c4ccccc4)cc3)c3ccc(-c4sc(-c5ccccc5)c5c4-c4ccccc4C54c5ccccc5-c5ccccc54)cc3)cc21. The molecule has 1 aromatic heterocycles. The molecule has 0 saturated carbocycles. The summed E-state index contributed by atoms with van der Waals surface area (Å²) < 4.78 is 0. The van der Waals surface area contributed by atoms with Crippen LogP contribution in [0, 0.1) is 0 Å². The van der Waals surface area contributed by atoms with E-state index >= 15 is 0 Å². The molecule has 0 fully saturated rings. The zero-order chi connectivity index (χ0) is 42.6. The lowest BCUT2D eigenvalue weighted by Gasteiger charge is -2.31. The lowest BCUT2D eigenvalue weighted by Crippen LogP contribution is -2.26. The maximum absolute atomic E-state index is 2.43. The second-order valence-electron chi connectivity index (χ2n) is 18.0. The van der Waals surface area contributed by atoms with Gasteiger partial charge in [-0.2, -0.15) is 0 Å². The Kier molecular flexibility index (Phi) is 8.11. The monoisotopic (exact) mass is 833 g/mol. The van der Waals surface area contributed by atoms with Crippen LogP contribution in [-0.4, -0.2) is 0 Å². The third kappa shape index (κ3) is 5.18. The van der Waals surface area contributed by atoms with Gasteiger partial charge in [0.25, 0.3) is 0 Å². The molecule has 0 saturated heterocycles. The number of fused-ring (bicyclic) bond motifs is 13. The molecule has 10 aromatic rings. The summed E-state index contributed by atoms with van der Waals surface area (Å²) in [6, 6.07) is 83.6. The van der Waals surface area contributed by atoms with Crippen LogP contribution >= 0.6 is 11.3 Å². The smallest absolute Gasteiger partial charge is 0.0740 e. The molecule has 1 spiro atoms. The Labute approximate surface area is 379 Å². The summed E-state index contributed by atoms with van der Waals surface area (Å²) in [5.41, 5.74) is 24.0. The molecule has 3 aliphatic rings. The van der Waals surface area contributed by atoms with Gasteiger partial charge in [0.2, 0.25) is 0 Å². The van der Waals surface area contributed by atoms with Crippen molar-refractivity contribution in [3.63, 3.8) is 0 Å². The molecule has 9 aromatic carbocycles. The molecule has 1 heterocycles. The highest BCUT2D eigenvalue weighted by Crippen LogP contribution is 2.68. The number of benzene rings is 9. The van der Waals surface area contributed by atoms with Gasteiger partial charge in [0.1, 0.15) is 0 Å². The molecule has 3 aliphatic carbocycles. The fourth-order valence-electron chi connectivity index (χ4n) is 11.5. The molecule has 0 atom stereocenters. The van der Waals surface area contributed by atoms with Crippen molar-refractivity contribution in [2.45, 2.75) is 24.7 Å². The standard InChI is InChI=1S/C62H43NS/c1-61(2)52-25-13-9-21-47(52)50-38-37-46(39-56(50)61)63(44-33-29-41(30-34-44)40-17-5-3-6-18-40)45-35-31-43(32-36-45)59-57-51-24-12-16-28-55(51)62(58(57)60(64-59)42-19-7-4-8-20-42)53-26-14-10-22-48(53)49-23-11-15-27-54(49)62/h3-39H,1-2H3. The van der Waals surface area contributed by atoms with Gasteiger partial charge in [-0.15, -0.1) is 11.3 Å². The maximum atomic E-state index is 2.43. The van der Waals surface area contributed by atoms with Crippen molar-refractivity contribution in [2.24, 2.45) is 0 Å². The quantitative estimate of drug-likeness (QED) is 0.161. The molecular formula is C62H43NS. The summed E-state index contributed by atoms with van der Waals surface area (Å²) in [5.74, 6) is 0. The van der Waals surface area contributed by atoms with E-state index in [-0.39, 0.29) is 5.41 Å². The zero-order valence-electron chi connectivity index (χ0n) is 35.7. The average Bonchev–Trinajstić information content (AvgIpc) is 4.05. The molecule has 0 N–H and O–H groups in total. The van der Waals surface area contributed by atoms with Crippen LogP contribution in [0.3, 0.4) is 0 Å². The maximum Gasteiger partial charge on any atom is 0.0740 e. The van der Waals surface area contributed by atoms with E-state index in [1.165, 1.54) is 98.8 Å². The Hall–Kier alpha value is -7.52. The van der Waals surface area contributed by atoms with Gasteiger partial charge in [0, 0.05) is 37.8 Å². The Morgan fingerprint density at radius 2 is 0.734 bits per heavy atom. The third-order valence-corrected chi connectivity index (χ3v) is 15.6. The van der Waals surface area contributed by atoms with Crippen molar-refractivity contribution in [3.05, 3.63) is 258 Å². The highest BCUT2D eigenvalue weighted by atomic mass is 32.1. The Balaban J connectivity index is 0.996. The molecule has 1 nitrogen and oxygen atoms in total. The van der Waals surface area contributed by atoms with Gasteiger partial charge in [0.05, 0.1) is 5.41 Å². The molecule has 0 bridgehead atoms. The highest BCUT2D eigenvalue weighted by Gasteiger charge is 2.54.